The number of nitrogens with one attached hydrogen (secondary N) is 1. The predicted molar refractivity (Wildman–Crippen MR) is 111 cm³/mol. The number of anilines is 1. The van der Waals surface area contributed by atoms with Gasteiger partial charge in [0.25, 0.3) is 5.56 Å². The Bertz CT molecular complexity index is 1150. The van der Waals surface area contributed by atoms with E-state index in [2.05, 4.69) is 10.4 Å². The molecule has 150 valence electrons. The minimum Gasteiger partial charge on any atom is -0.497 e. The van der Waals surface area contributed by atoms with Crippen LogP contribution >= 0.6 is 11.3 Å². The fourth-order valence-corrected chi connectivity index (χ4v) is 4.27. The Balaban J connectivity index is 1.52. The highest BCUT2D eigenvalue weighted by Gasteiger charge is 2.35. The van der Waals surface area contributed by atoms with Crippen molar-refractivity contribution < 1.29 is 14.3 Å². The van der Waals surface area contributed by atoms with E-state index in [-0.39, 0.29) is 24.4 Å². The van der Waals surface area contributed by atoms with Gasteiger partial charge in [-0.1, -0.05) is 13.0 Å². The number of hydrogen-bond acceptors (Lipinski definition) is 6. The van der Waals surface area contributed by atoms with Crippen molar-refractivity contribution in [3.8, 4) is 5.75 Å². The molecule has 0 bridgehead atoms. The predicted octanol–water partition coefficient (Wildman–Crippen LogP) is 2.15. The van der Waals surface area contributed by atoms with Crippen LogP contribution < -0.4 is 20.6 Å². The van der Waals surface area contributed by atoms with Gasteiger partial charge in [0.2, 0.25) is 11.8 Å². The first-order valence-electron chi connectivity index (χ1n) is 9.25. The van der Waals surface area contributed by atoms with Gasteiger partial charge in [-0.2, -0.15) is 0 Å². The summed E-state index contributed by atoms with van der Waals surface area (Å²) in [6, 6.07) is 8.94. The quantitative estimate of drug-likeness (QED) is 0.693. The number of rotatable bonds is 5. The van der Waals surface area contributed by atoms with E-state index in [0.29, 0.717) is 21.7 Å². The highest BCUT2D eigenvalue weighted by molar-refractivity contribution is 7.18. The van der Waals surface area contributed by atoms with Crippen molar-refractivity contribution in [2.45, 2.75) is 19.8 Å². The standard InChI is InChI=1S/C20H20N4O4S/c1-3-15-9-16-19(29-15)21-11-24(20(16)27)22-18(26)12-7-17(25)23(10-12)13-5-4-6-14(8-13)28-2/h4-6,8-9,11-12H,3,7,10H2,1-2H3,(H,22,26)/t12-/m0/s1. The van der Waals surface area contributed by atoms with Crippen LogP contribution in [0.2, 0.25) is 0 Å². The van der Waals surface area contributed by atoms with Gasteiger partial charge in [0.1, 0.15) is 16.9 Å². The summed E-state index contributed by atoms with van der Waals surface area (Å²) in [6.07, 6.45) is 2.21. The zero-order valence-corrected chi connectivity index (χ0v) is 16.9. The number of aryl methyl sites for hydroxylation is 1. The van der Waals surface area contributed by atoms with Crippen molar-refractivity contribution in [3.63, 3.8) is 0 Å². The lowest BCUT2D eigenvalue weighted by Gasteiger charge is -2.17. The summed E-state index contributed by atoms with van der Waals surface area (Å²) >= 11 is 1.47. The average molecular weight is 412 g/mol. The molecule has 29 heavy (non-hydrogen) atoms. The maximum Gasteiger partial charge on any atom is 0.280 e. The van der Waals surface area contributed by atoms with E-state index in [9.17, 15) is 14.4 Å². The zero-order chi connectivity index (χ0) is 20.5. The summed E-state index contributed by atoms with van der Waals surface area (Å²) in [6.45, 7) is 2.25. The van der Waals surface area contributed by atoms with Gasteiger partial charge in [0.05, 0.1) is 18.4 Å². The molecule has 3 heterocycles. The molecule has 0 aliphatic carbocycles. The normalized spacial score (nSPS) is 16.4. The summed E-state index contributed by atoms with van der Waals surface area (Å²) in [5.41, 5.74) is 2.94. The molecule has 2 amide bonds. The molecule has 4 rings (SSSR count). The second kappa shape index (κ2) is 7.67. The first-order valence-corrected chi connectivity index (χ1v) is 10.1. The van der Waals surface area contributed by atoms with Gasteiger partial charge >= 0.3 is 0 Å². The minimum atomic E-state index is -0.565. The van der Waals surface area contributed by atoms with Crippen molar-refractivity contribution in [2.75, 3.05) is 24.0 Å². The fourth-order valence-electron chi connectivity index (χ4n) is 3.35. The van der Waals surface area contributed by atoms with Crippen LogP contribution in [-0.2, 0) is 16.0 Å². The third-order valence-electron chi connectivity index (χ3n) is 4.94. The second-order valence-corrected chi connectivity index (χ2v) is 7.90. The first-order chi connectivity index (χ1) is 14.0. The Kier molecular flexibility index (Phi) is 5.06. The molecule has 1 aliphatic rings. The molecule has 1 atom stereocenters. The van der Waals surface area contributed by atoms with Gasteiger partial charge in [-0.3, -0.25) is 19.8 Å². The van der Waals surface area contributed by atoms with Crippen molar-refractivity contribution in [1.82, 2.24) is 9.66 Å². The smallest absolute Gasteiger partial charge is 0.280 e. The van der Waals surface area contributed by atoms with E-state index in [4.69, 9.17) is 4.74 Å². The molecule has 1 aromatic carbocycles. The third kappa shape index (κ3) is 3.61. The summed E-state index contributed by atoms with van der Waals surface area (Å²) in [5, 5.41) is 0.482. The van der Waals surface area contributed by atoms with E-state index in [1.165, 1.54) is 17.7 Å². The van der Waals surface area contributed by atoms with Crippen LogP contribution in [-0.4, -0.2) is 35.1 Å². The number of carbonyl (C=O) groups excluding carboxylic acids is 2. The number of thiophene rings is 1. The highest BCUT2D eigenvalue weighted by Crippen LogP contribution is 2.28. The number of benzene rings is 1. The Morgan fingerprint density at radius 3 is 2.93 bits per heavy atom. The van der Waals surface area contributed by atoms with Crippen molar-refractivity contribution in [2.24, 2.45) is 5.92 Å². The number of nitrogens with zero attached hydrogens (tertiary/aromatic N) is 3. The second-order valence-electron chi connectivity index (χ2n) is 6.79. The molecule has 1 aliphatic heterocycles. The Morgan fingerprint density at radius 1 is 1.34 bits per heavy atom. The summed E-state index contributed by atoms with van der Waals surface area (Å²) < 4.78 is 6.29. The van der Waals surface area contributed by atoms with E-state index in [1.807, 2.05) is 13.0 Å². The largest absolute Gasteiger partial charge is 0.497 e. The molecular weight excluding hydrogens is 392 g/mol. The van der Waals surface area contributed by atoms with E-state index in [1.54, 1.807) is 36.3 Å². The molecule has 1 fully saturated rings. The molecule has 8 nitrogen and oxygen atoms in total. The number of aromatic nitrogens is 2. The van der Waals surface area contributed by atoms with E-state index in [0.717, 1.165) is 16.0 Å². The Labute approximate surface area is 170 Å². The highest BCUT2D eigenvalue weighted by atomic mass is 32.1. The van der Waals surface area contributed by atoms with Gasteiger partial charge in [-0.05, 0) is 24.6 Å². The molecule has 0 radical (unpaired) electrons. The van der Waals surface area contributed by atoms with E-state index < -0.39 is 11.8 Å². The fraction of sp³-hybridized carbons (Fsp3) is 0.300. The number of hydrogen-bond donors (Lipinski definition) is 1. The monoisotopic (exact) mass is 412 g/mol. The maximum atomic E-state index is 12.7. The van der Waals surface area contributed by atoms with Gasteiger partial charge in [0, 0.05) is 29.6 Å². The van der Waals surface area contributed by atoms with Gasteiger partial charge in [-0.15, -0.1) is 11.3 Å². The van der Waals surface area contributed by atoms with Crippen LogP contribution in [0.5, 0.6) is 5.75 Å². The molecule has 9 heteroatoms. The number of methoxy groups -OCH3 is 1. The van der Waals surface area contributed by atoms with Crippen molar-refractivity contribution in [3.05, 3.63) is 51.9 Å². The molecule has 2 aromatic heterocycles. The number of ether oxygens (including phenoxy) is 1. The first kappa shape index (κ1) is 19.1. The molecule has 0 spiro atoms. The lowest BCUT2D eigenvalue weighted by atomic mass is 10.1. The topological polar surface area (TPSA) is 93.5 Å². The molecule has 1 saturated heterocycles. The molecule has 0 saturated carbocycles. The molecule has 0 unspecified atom stereocenters. The summed E-state index contributed by atoms with van der Waals surface area (Å²) in [5.74, 6) is -0.469. The number of fused-ring (bicyclic) bond motifs is 1. The van der Waals surface area contributed by atoms with Crippen LogP contribution in [0, 0.1) is 5.92 Å². The molecule has 3 aromatic rings. The minimum absolute atomic E-state index is 0.0753. The van der Waals surface area contributed by atoms with Crippen LogP contribution in [0.3, 0.4) is 0 Å². The van der Waals surface area contributed by atoms with Crippen molar-refractivity contribution in [1.29, 1.82) is 0 Å². The molecular formula is C20H20N4O4S. The number of carbonyl (C=O) groups is 2. The van der Waals surface area contributed by atoms with Gasteiger partial charge < -0.3 is 9.64 Å². The van der Waals surface area contributed by atoms with Gasteiger partial charge in [-0.25, -0.2) is 9.66 Å². The number of amides is 2. The van der Waals surface area contributed by atoms with E-state index >= 15 is 0 Å². The molecule has 1 N–H and O–H groups in total. The zero-order valence-electron chi connectivity index (χ0n) is 16.0. The summed E-state index contributed by atoms with van der Waals surface area (Å²) in [4.78, 5) is 45.3. The van der Waals surface area contributed by atoms with Crippen LogP contribution in [0.1, 0.15) is 18.2 Å². The summed E-state index contributed by atoms with van der Waals surface area (Å²) in [7, 11) is 1.56. The SMILES string of the molecule is CCc1cc2c(=O)n(NC(=O)[C@H]3CC(=O)N(c4cccc(OC)c4)C3)cnc2s1. The van der Waals surface area contributed by atoms with Crippen LogP contribution in [0.4, 0.5) is 5.69 Å². The third-order valence-corrected chi connectivity index (χ3v) is 6.13. The van der Waals surface area contributed by atoms with Crippen LogP contribution in [0.25, 0.3) is 10.2 Å². The maximum absolute atomic E-state index is 12.7. The Hall–Kier alpha value is -3.20. The average Bonchev–Trinajstić information content (AvgIpc) is 3.34. The lowest BCUT2D eigenvalue weighted by Crippen LogP contribution is -2.37. The van der Waals surface area contributed by atoms with Gasteiger partial charge in [0.15, 0.2) is 0 Å². The van der Waals surface area contributed by atoms with Crippen LogP contribution in [0.15, 0.2) is 41.5 Å². The lowest BCUT2D eigenvalue weighted by molar-refractivity contribution is -0.123. The van der Waals surface area contributed by atoms with Crippen molar-refractivity contribution >= 4 is 39.1 Å². The Morgan fingerprint density at radius 2 is 2.17 bits per heavy atom.